The maximum atomic E-state index is 11.9. The Kier molecular flexibility index (Phi) is 4.23. The highest BCUT2D eigenvalue weighted by Gasteiger charge is 2.12. The number of hydrogen-bond acceptors (Lipinski definition) is 3. The second-order valence-electron chi connectivity index (χ2n) is 3.87. The molecular weight excluding hydrogens is 296 g/mol. The summed E-state index contributed by atoms with van der Waals surface area (Å²) >= 11 is 3.31. The predicted molar refractivity (Wildman–Crippen MR) is 71.5 cm³/mol. The number of aldehydes is 1. The number of allylic oxidation sites excluding steroid dienone is 1. The molecule has 1 aliphatic rings. The topological polar surface area (TPSA) is 43.4 Å². The van der Waals surface area contributed by atoms with E-state index in [9.17, 15) is 9.59 Å². The van der Waals surface area contributed by atoms with Crippen molar-refractivity contribution in [2.75, 3.05) is 13.2 Å². The third-order valence-corrected chi connectivity index (χ3v) is 3.16. The molecule has 18 heavy (non-hydrogen) atoms. The fraction of sp³-hybridized carbons (Fsp3) is 0.143. The lowest BCUT2D eigenvalue weighted by atomic mass is 10.1. The second-order valence-corrected chi connectivity index (χ2v) is 4.78. The molecule has 3 nitrogen and oxygen atoms in total. The fourth-order valence-corrected chi connectivity index (χ4v) is 1.87. The molecule has 1 aromatic carbocycles. The smallest absolute Gasteiger partial charge is 0.185 e. The van der Waals surface area contributed by atoms with Crippen LogP contribution >= 0.6 is 15.9 Å². The minimum atomic E-state index is -0.0906. The van der Waals surface area contributed by atoms with Gasteiger partial charge in [0.15, 0.2) is 5.78 Å². The SMILES string of the molecule is O=CC1=C(/C=C\C(=O)c2ccc(Br)cc2)COC1. The van der Waals surface area contributed by atoms with Gasteiger partial charge in [-0.1, -0.05) is 22.0 Å². The minimum Gasteiger partial charge on any atom is -0.372 e. The summed E-state index contributed by atoms with van der Waals surface area (Å²) in [6, 6.07) is 7.12. The number of halogens is 1. The van der Waals surface area contributed by atoms with Crippen molar-refractivity contribution in [3.8, 4) is 0 Å². The first-order chi connectivity index (χ1) is 8.70. The van der Waals surface area contributed by atoms with Crippen LogP contribution in [0, 0.1) is 0 Å². The number of rotatable bonds is 4. The van der Waals surface area contributed by atoms with Gasteiger partial charge < -0.3 is 4.74 Å². The summed E-state index contributed by atoms with van der Waals surface area (Å²) in [5.41, 5.74) is 1.99. The molecule has 0 aliphatic carbocycles. The molecule has 0 aromatic heterocycles. The zero-order chi connectivity index (χ0) is 13.0. The molecule has 0 saturated carbocycles. The van der Waals surface area contributed by atoms with E-state index in [-0.39, 0.29) is 5.78 Å². The Balaban J connectivity index is 2.12. The number of benzene rings is 1. The molecule has 4 heteroatoms. The zero-order valence-corrected chi connectivity index (χ0v) is 11.1. The molecular formula is C14H11BrO3. The highest BCUT2D eigenvalue weighted by Crippen LogP contribution is 2.15. The molecule has 0 atom stereocenters. The molecule has 0 amide bonds. The van der Waals surface area contributed by atoms with E-state index in [4.69, 9.17) is 4.74 Å². The third-order valence-electron chi connectivity index (χ3n) is 2.63. The Hall–Kier alpha value is -1.52. The Morgan fingerprint density at radius 2 is 1.83 bits per heavy atom. The fourth-order valence-electron chi connectivity index (χ4n) is 1.61. The molecule has 0 spiro atoms. The minimum absolute atomic E-state index is 0.0906. The molecule has 0 bridgehead atoms. The van der Waals surface area contributed by atoms with Crippen molar-refractivity contribution in [3.63, 3.8) is 0 Å². The van der Waals surface area contributed by atoms with Crippen LogP contribution in [0.3, 0.4) is 0 Å². The molecule has 1 heterocycles. The van der Waals surface area contributed by atoms with E-state index in [0.717, 1.165) is 16.3 Å². The molecule has 1 aromatic rings. The lowest BCUT2D eigenvalue weighted by Crippen LogP contribution is -1.94. The van der Waals surface area contributed by atoms with Gasteiger partial charge in [-0.15, -0.1) is 0 Å². The molecule has 0 saturated heterocycles. The summed E-state index contributed by atoms with van der Waals surface area (Å²) in [5.74, 6) is -0.0906. The van der Waals surface area contributed by atoms with Crippen LogP contribution in [-0.4, -0.2) is 25.3 Å². The largest absolute Gasteiger partial charge is 0.372 e. The van der Waals surface area contributed by atoms with Crippen LogP contribution in [0.4, 0.5) is 0 Å². The number of ketones is 1. The van der Waals surface area contributed by atoms with E-state index in [0.29, 0.717) is 24.4 Å². The van der Waals surface area contributed by atoms with Crippen LogP contribution in [0.5, 0.6) is 0 Å². The Morgan fingerprint density at radius 3 is 2.50 bits per heavy atom. The predicted octanol–water partition coefficient (Wildman–Crippen LogP) is 2.71. The first-order valence-corrected chi connectivity index (χ1v) is 6.23. The lowest BCUT2D eigenvalue weighted by molar-refractivity contribution is -0.105. The average molecular weight is 307 g/mol. The summed E-state index contributed by atoms with van der Waals surface area (Å²) in [6.45, 7) is 0.716. The van der Waals surface area contributed by atoms with E-state index in [1.165, 1.54) is 6.08 Å². The number of carbonyl (C=O) groups is 2. The molecule has 2 rings (SSSR count). The van der Waals surface area contributed by atoms with Crippen molar-refractivity contribution >= 4 is 28.0 Å². The van der Waals surface area contributed by atoms with Crippen LogP contribution in [-0.2, 0) is 9.53 Å². The van der Waals surface area contributed by atoms with Crippen molar-refractivity contribution in [2.24, 2.45) is 0 Å². The number of carbonyl (C=O) groups excluding carboxylic acids is 2. The van der Waals surface area contributed by atoms with Gasteiger partial charge in [-0.3, -0.25) is 9.59 Å². The average Bonchev–Trinajstić information content (AvgIpc) is 2.84. The van der Waals surface area contributed by atoms with Gasteiger partial charge in [0, 0.05) is 15.6 Å². The van der Waals surface area contributed by atoms with E-state index in [1.807, 2.05) is 12.1 Å². The third kappa shape index (κ3) is 3.03. The van der Waals surface area contributed by atoms with E-state index >= 15 is 0 Å². The summed E-state index contributed by atoms with van der Waals surface area (Å²) in [7, 11) is 0. The molecule has 0 radical (unpaired) electrons. The molecule has 1 aliphatic heterocycles. The van der Waals surface area contributed by atoms with E-state index < -0.39 is 0 Å². The molecule has 0 fully saturated rings. The van der Waals surface area contributed by atoms with Crippen LogP contribution in [0.15, 0.2) is 52.0 Å². The zero-order valence-electron chi connectivity index (χ0n) is 9.56. The quantitative estimate of drug-likeness (QED) is 0.488. The van der Waals surface area contributed by atoms with Gasteiger partial charge in [-0.25, -0.2) is 0 Å². The molecule has 0 unspecified atom stereocenters. The van der Waals surface area contributed by atoms with Crippen LogP contribution in [0.1, 0.15) is 10.4 Å². The first kappa shape index (κ1) is 12.9. The monoisotopic (exact) mass is 306 g/mol. The highest BCUT2D eigenvalue weighted by atomic mass is 79.9. The van der Waals surface area contributed by atoms with Gasteiger partial charge >= 0.3 is 0 Å². The summed E-state index contributed by atoms with van der Waals surface area (Å²) in [5, 5.41) is 0. The Bertz CT molecular complexity index is 526. The van der Waals surface area contributed by atoms with E-state index in [1.54, 1.807) is 18.2 Å². The van der Waals surface area contributed by atoms with Gasteiger partial charge in [0.05, 0.1) is 13.2 Å². The highest BCUT2D eigenvalue weighted by molar-refractivity contribution is 9.10. The van der Waals surface area contributed by atoms with Crippen molar-refractivity contribution in [1.29, 1.82) is 0 Å². The van der Waals surface area contributed by atoms with Gasteiger partial charge in [0.1, 0.15) is 6.29 Å². The summed E-state index contributed by atoms with van der Waals surface area (Å²) < 4.78 is 6.07. The van der Waals surface area contributed by atoms with Crippen molar-refractivity contribution in [1.82, 2.24) is 0 Å². The van der Waals surface area contributed by atoms with Crippen molar-refractivity contribution < 1.29 is 14.3 Å². The van der Waals surface area contributed by atoms with Gasteiger partial charge in [-0.2, -0.15) is 0 Å². The number of hydrogen-bond donors (Lipinski definition) is 0. The maximum Gasteiger partial charge on any atom is 0.185 e. The van der Waals surface area contributed by atoms with Crippen molar-refractivity contribution in [2.45, 2.75) is 0 Å². The van der Waals surface area contributed by atoms with Crippen LogP contribution in [0.25, 0.3) is 0 Å². The number of ether oxygens (including phenoxy) is 1. The van der Waals surface area contributed by atoms with Gasteiger partial charge in [0.25, 0.3) is 0 Å². The second kappa shape index (κ2) is 5.89. The Labute approximate surface area is 113 Å². The Morgan fingerprint density at radius 1 is 1.17 bits per heavy atom. The standard InChI is InChI=1S/C14H11BrO3/c15-13-4-1-10(2-5-13)14(17)6-3-11-8-18-9-12(11)7-16/h1-7H,8-9H2/b6-3-. The van der Waals surface area contributed by atoms with Crippen molar-refractivity contribution in [3.05, 3.63) is 57.6 Å². The normalized spacial score (nSPS) is 15.4. The summed E-state index contributed by atoms with van der Waals surface area (Å²) in [4.78, 5) is 22.6. The first-order valence-electron chi connectivity index (χ1n) is 5.43. The molecule has 92 valence electrons. The van der Waals surface area contributed by atoms with E-state index in [2.05, 4.69) is 15.9 Å². The molecule has 0 N–H and O–H groups in total. The summed E-state index contributed by atoms with van der Waals surface area (Å²) in [6.07, 6.45) is 3.90. The maximum absolute atomic E-state index is 11.9. The van der Waals surface area contributed by atoms with Crippen LogP contribution in [0.2, 0.25) is 0 Å². The van der Waals surface area contributed by atoms with Gasteiger partial charge in [0.2, 0.25) is 0 Å². The van der Waals surface area contributed by atoms with Crippen LogP contribution < -0.4 is 0 Å². The van der Waals surface area contributed by atoms with Gasteiger partial charge in [-0.05, 0) is 35.9 Å². The lowest BCUT2D eigenvalue weighted by Gasteiger charge is -1.96.